The van der Waals surface area contributed by atoms with E-state index in [1.54, 1.807) is 25.6 Å². The summed E-state index contributed by atoms with van der Waals surface area (Å²) in [5, 5.41) is 2.84. The van der Waals surface area contributed by atoms with E-state index >= 15 is 0 Å². The highest BCUT2D eigenvalue weighted by molar-refractivity contribution is 5.76. The Balaban J connectivity index is 1.64. The van der Waals surface area contributed by atoms with Gasteiger partial charge in [-0.15, -0.1) is 0 Å². The van der Waals surface area contributed by atoms with Gasteiger partial charge in [0, 0.05) is 32.7 Å². The van der Waals surface area contributed by atoms with Crippen molar-refractivity contribution in [3.63, 3.8) is 0 Å². The summed E-state index contributed by atoms with van der Waals surface area (Å²) >= 11 is 0. The van der Waals surface area contributed by atoms with E-state index in [9.17, 15) is 4.79 Å². The summed E-state index contributed by atoms with van der Waals surface area (Å²) in [5.74, 6) is 1.54. The SMILES string of the molecule is COCCn1c(CCC(=O)NCc2ccco2)nc2cccnc21. The average molecular weight is 328 g/mol. The minimum atomic E-state index is -0.0373. The topological polar surface area (TPSA) is 82.2 Å². The Kier molecular flexibility index (Phi) is 5.22. The van der Waals surface area contributed by atoms with Crippen molar-refractivity contribution < 1.29 is 13.9 Å². The van der Waals surface area contributed by atoms with Gasteiger partial charge in [-0.2, -0.15) is 0 Å². The number of pyridine rings is 1. The van der Waals surface area contributed by atoms with Crippen LogP contribution in [0.4, 0.5) is 0 Å². The Labute approximate surface area is 139 Å². The summed E-state index contributed by atoms with van der Waals surface area (Å²) in [6.45, 7) is 1.63. The van der Waals surface area contributed by atoms with Crippen LogP contribution in [-0.4, -0.2) is 34.2 Å². The van der Waals surface area contributed by atoms with Gasteiger partial charge in [-0.1, -0.05) is 0 Å². The number of aryl methyl sites for hydroxylation is 1. The molecule has 0 saturated heterocycles. The highest BCUT2D eigenvalue weighted by atomic mass is 16.5. The van der Waals surface area contributed by atoms with E-state index in [4.69, 9.17) is 9.15 Å². The molecule has 0 aliphatic heterocycles. The number of hydrogen-bond donors (Lipinski definition) is 1. The van der Waals surface area contributed by atoms with Gasteiger partial charge in [0.1, 0.15) is 17.1 Å². The van der Waals surface area contributed by atoms with Crippen molar-refractivity contribution in [2.45, 2.75) is 25.9 Å². The van der Waals surface area contributed by atoms with Crippen molar-refractivity contribution in [3.05, 3.63) is 48.3 Å². The highest BCUT2D eigenvalue weighted by Crippen LogP contribution is 2.15. The maximum Gasteiger partial charge on any atom is 0.220 e. The molecular formula is C17H20N4O3. The van der Waals surface area contributed by atoms with Crippen LogP contribution in [-0.2, 0) is 29.0 Å². The number of carbonyl (C=O) groups is 1. The van der Waals surface area contributed by atoms with Crippen LogP contribution in [0.3, 0.4) is 0 Å². The van der Waals surface area contributed by atoms with Crippen LogP contribution in [0.2, 0.25) is 0 Å². The molecule has 3 heterocycles. The van der Waals surface area contributed by atoms with Crippen LogP contribution in [0.25, 0.3) is 11.2 Å². The fourth-order valence-electron chi connectivity index (χ4n) is 2.53. The number of aromatic nitrogens is 3. The molecule has 24 heavy (non-hydrogen) atoms. The molecule has 0 aliphatic rings. The van der Waals surface area contributed by atoms with Gasteiger partial charge in [-0.25, -0.2) is 9.97 Å². The molecule has 7 heteroatoms. The van der Waals surface area contributed by atoms with E-state index in [-0.39, 0.29) is 5.91 Å². The van der Waals surface area contributed by atoms with Crippen LogP contribution in [0, 0.1) is 0 Å². The normalized spacial score (nSPS) is 11.0. The molecule has 126 valence electrons. The first-order valence-electron chi connectivity index (χ1n) is 7.86. The van der Waals surface area contributed by atoms with Gasteiger partial charge >= 0.3 is 0 Å². The second-order valence-electron chi connectivity index (χ2n) is 5.37. The molecule has 0 atom stereocenters. The van der Waals surface area contributed by atoms with Crippen LogP contribution in [0.1, 0.15) is 18.0 Å². The average Bonchev–Trinajstić information content (AvgIpc) is 3.23. The van der Waals surface area contributed by atoms with Crippen LogP contribution < -0.4 is 5.32 Å². The quantitative estimate of drug-likeness (QED) is 0.683. The van der Waals surface area contributed by atoms with Gasteiger partial charge in [0.15, 0.2) is 5.65 Å². The van der Waals surface area contributed by atoms with E-state index in [0.29, 0.717) is 32.5 Å². The van der Waals surface area contributed by atoms with E-state index in [0.717, 1.165) is 22.7 Å². The summed E-state index contributed by atoms with van der Waals surface area (Å²) in [4.78, 5) is 21.0. The molecule has 3 aromatic rings. The monoisotopic (exact) mass is 328 g/mol. The van der Waals surface area contributed by atoms with Gasteiger partial charge in [0.25, 0.3) is 0 Å². The number of fused-ring (bicyclic) bond motifs is 1. The first-order valence-corrected chi connectivity index (χ1v) is 7.86. The van der Waals surface area contributed by atoms with E-state index < -0.39 is 0 Å². The number of methoxy groups -OCH3 is 1. The number of rotatable bonds is 8. The Morgan fingerprint density at radius 2 is 2.29 bits per heavy atom. The fourth-order valence-corrected chi connectivity index (χ4v) is 2.53. The van der Waals surface area contributed by atoms with Crippen molar-refractivity contribution in [3.8, 4) is 0 Å². The minimum Gasteiger partial charge on any atom is -0.467 e. The standard InChI is InChI=1S/C17H20N4O3/c1-23-11-9-21-15(20-14-5-2-8-18-17(14)21)6-7-16(22)19-12-13-4-3-10-24-13/h2-5,8,10H,6-7,9,11-12H2,1H3,(H,19,22). The molecule has 1 N–H and O–H groups in total. The van der Waals surface area contributed by atoms with Crippen molar-refractivity contribution >= 4 is 17.1 Å². The second kappa shape index (κ2) is 7.74. The second-order valence-corrected chi connectivity index (χ2v) is 5.37. The third kappa shape index (κ3) is 3.80. The Morgan fingerprint density at radius 3 is 3.08 bits per heavy atom. The Bertz CT molecular complexity index is 795. The minimum absolute atomic E-state index is 0.0373. The molecule has 0 radical (unpaired) electrons. The van der Waals surface area contributed by atoms with Crippen LogP contribution in [0.5, 0.6) is 0 Å². The summed E-state index contributed by atoms with van der Waals surface area (Å²) < 4.78 is 12.4. The number of nitrogens with zero attached hydrogens (tertiary/aromatic N) is 3. The van der Waals surface area contributed by atoms with Gasteiger partial charge in [0.05, 0.1) is 19.4 Å². The molecule has 0 saturated carbocycles. The molecule has 0 unspecified atom stereocenters. The van der Waals surface area contributed by atoms with Gasteiger partial charge in [0.2, 0.25) is 5.91 Å². The molecule has 3 aromatic heterocycles. The van der Waals surface area contributed by atoms with Crippen LogP contribution >= 0.6 is 0 Å². The molecule has 0 fully saturated rings. The Morgan fingerprint density at radius 1 is 1.38 bits per heavy atom. The number of amides is 1. The lowest BCUT2D eigenvalue weighted by Gasteiger charge is -2.08. The van der Waals surface area contributed by atoms with Crippen molar-refractivity contribution in [2.24, 2.45) is 0 Å². The molecule has 3 rings (SSSR count). The van der Waals surface area contributed by atoms with Gasteiger partial charge in [-0.3, -0.25) is 4.79 Å². The number of imidazole rings is 1. The zero-order valence-electron chi connectivity index (χ0n) is 13.6. The number of nitrogens with one attached hydrogen (secondary N) is 1. The molecule has 0 aromatic carbocycles. The molecule has 7 nitrogen and oxygen atoms in total. The summed E-state index contributed by atoms with van der Waals surface area (Å²) in [6, 6.07) is 7.41. The molecule has 0 spiro atoms. The lowest BCUT2D eigenvalue weighted by Crippen LogP contribution is -2.23. The fraction of sp³-hybridized carbons (Fsp3) is 0.353. The highest BCUT2D eigenvalue weighted by Gasteiger charge is 2.13. The lowest BCUT2D eigenvalue weighted by atomic mass is 10.2. The third-order valence-electron chi connectivity index (χ3n) is 3.72. The first-order chi connectivity index (χ1) is 11.8. The number of furan rings is 1. The molecule has 0 aliphatic carbocycles. The first kappa shape index (κ1) is 16.2. The smallest absolute Gasteiger partial charge is 0.220 e. The van der Waals surface area contributed by atoms with E-state index in [2.05, 4.69) is 15.3 Å². The third-order valence-corrected chi connectivity index (χ3v) is 3.72. The number of hydrogen-bond acceptors (Lipinski definition) is 5. The van der Waals surface area contributed by atoms with E-state index in [1.807, 2.05) is 22.8 Å². The zero-order valence-corrected chi connectivity index (χ0v) is 13.6. The van der Waals surface area contributed by atoms with Crippen molar-refractivity contribution in [1.29, 1.82) is 0 Å². The molecular weight excluding hydrogens is 308 g/mol. The summed E-state index contributed by atoms with van der Waals surface area (Å²) in [7, 11) is 1.66. The predicted octanol–water partition coefficient (Wildman–Crippen LogP) is 1.92. The van der Waals surface area contributed by atoms with Gasteiger partial charge < -0.3 is 19.0 Å². The van der Waals surface area contributed by atoms with Crippen LogP contribution in [0.15, 0.2) is 41.1 Å². The van der Waals surface area contributed by atoms with Gasteiger partial charge in [-0.05, 0) is 24.3 Å². The largest absolute Gasteiger partial charge is 0.467 e. The summed E-state index contributed by atoms with van der Waals surface area (Å²) in [6.07, 6.45) is 4.24. The maximum atomic E-state index is 12.0. The number of carbonyl (C=O) groups excluding carboxylic acids is 1. The Hall–Kier alpha value is -2.67. The summed E-state index contributed by atoms with van der Waals surface area (Å²) in [5.41, 5.74) is 1.65. The zero-order chi connectivity index (χ0) is 16.8. The van der Waals surface area contributed by atoms with E-state index in [1.165, 1.54) is 0 Å². The van der Waals surface area contributed by atoms with Crippen molar-refractivity contribution in [1.82, 2.24) is 19.9 Å². The van der Waals surface area contributed by atoms with Crippen molar-refractivity contribution in [2.75, 3.05) is 13.7 Å². The molecule has 1 amide bonds. The molecule has 0 bridgehead atoms. The maximum absolute atomic E-state index is 12.0. The number of ether oxygens (including phenoxy) is 1. The predicted molar refractivity (Wildman–Crippen MR) is 88.3 cm³/mol. The lowest BCUT2D eigenvalue weighted by molar-refractivity contribution is -0.121.